The number of pyridine rings is 1. The molecule has 4 rings (SSSR count). The zero-order chi connectivity index (χ0) is 23.6. The number of alkyl halides is 3. The Morgan fingerprint density at radius 3 is 2.45 bits per heavy atom. The highest BCUT2D eigenvalue weighted by Crippen LogP contribution is 2.30. The Labute approximate surface area is 192 Å². The molecule has 1 heterocycles. The van der Waals surface area contributed by atoms with Crippen LogP contribution in [0.5, 0.6) is 0 Å². The molecule has 0 saturated heterocycles. The van der Waals surface area contributed by atoms with Crippen LogP contribution >= 0.6 is 11.6 Å². The number of nitrogens with one attached hydrogen (secondary N) is 1. The maximum absolute atomic E-state index is 13.3. The fourth-order valence-corrected chi connectivity index (χ4v) is 3.82. The van der Waals surface area contributed by atoms with Crippen molar-refractivity contribution in [3.63, 3.8) is 0 Å². The highest BCUT2D eigenvalue weighted by Gasteiger charge is 2.30. The third kappa shape index (κ3) is 4.93. The van der Waals surface area contributed by atoms with Crippen molar-refractivity contribution in [3.05, 3.63) is 111 Å². The van der Waals surface area contributed by atoms with Crippen LogP contribution in [0, 0.1) is 0 Å². The Bertz CT molecular complexity index is 1400. The van der Waals surface area contributed by atoms with Crippen molar-refractivity contribution < 1.29 is 18.0 Å². The average Bonchev–Trinajstić information content (AvgIpc) is 2.78. The van der Waals surface area contributed by atoms with Gasteiger partial charge in [0.1, 0.15) is 5.56 Å². The lowest BCUT2D eigenvalue weighted by Crippen LogP contribution is -2.33. The summed E-state index contributed by atoms with van der Waals surface area (Å²) in [5, 5.41) is 3.84. The Kier molecular flexibility index (Phi) is 6.24. The van der Waals surface area contributed by atoms with E-state index in [4.69, 9.17) is 11.6 Å². The van der Waals surface area contributed by atoms with E-state index in [0.717, 1.165) is 22.3 Å². The van der Waals surface area contributed by atoms with Crippen LogP contribution in [0.4, 0.5) is 13.2 Å². The number of hydrogen-bond donors (Lipinski definition) is 1. The molecule has 0 aliphatic heterocycles. The van der Waals surface area contributed by atoms with Crippen molar-refractivity contribution in [1.82, 2.24) is 9.88 Å². The van der Waals surface area contributed by atoms with Gasteiger partial charge in [0.05, 0.1) is 11.1 Å². The summed E-state index contributed by atoms with van der Waals surface area (Å²) in [6.07, 6.45) is -4.06. The number of carbonyl (C=O) groups excluding carboxylic acids is 1. The number of nitrogens with zero attached hydrogens (tertiary/aromatic N) is 1. The maximum Gasteiger partial charge on any atom is 0.416 e. The highest BCUT2D eigenvalue weighted by atomic mass is 35.5. The van der Waals surface area contributed by atoms with E-state index in [1.807, 2.05) is 6.07 Å². The molecule has 0 radical (unpaired) electrons. The van der Waals surface area contributed by atoms with Crippen molar-refractivity contribution >= 4 is 28.4 Å². The Morgan fingerprint density at radius 2 is 1.70 bits per heavy atom. The molecule has 4 aromatic rings. The van der Waals surface area contributed by atoms with Gasteiger partial charge >= 0.3 is 6.18 Å². The largest absolute Gasteiger partial charge is 0.416 e. The zero-order valence-electron chi connectivity index (χ0n) is 17.2. The molecule has 0 aliphatic carbocycles. The predicted molar refractivity (Wildman–Crippen MR) is 122 cm³/mol. The fourth-order valence-electron chi connectivity index (χ4n) is 3.61. The molecule has 0 unspecified atom stereocenters. The number of para-hydroxylation sites is 1. The number of fused-ring (bicyclic) bond motifs is 1. The van der Waals surface area contributed by atoms with Crippen LogP contribution in [0.15, 0.2) is 83.7 Å². The predicted octanol–water partition coefficient (Wildman–Crippen LogP) is 5.64. The van der Waals surface area contributed by atoms with Crippen LogP contribution in [0.1, 0.15) is 21.5 Å². The van der Waals surface area contributed by atoms with Crippen molar-refractivity contribution in [2.75, 3.05) is 6.54 Å². The molecule has 0 bridgehead atoms. The van der Waals surface area contributed by atoms with Crippen LogP contribution in [0.2, 0.25) is 5.02 Å². The van der Waals surface area contributed by atoms with Crippen molar-refractivity contribution in [2.24, 2.45) is 0 Å². The van der Waals surface area contributed by atoms with E-state index in [1.54, 1.807) is 42.5 Å². The van der Waals surface area contributed by atoms with E-state index in [2.05, 4.69) is 5.32 Å². The number of benzene rings is 3. The first-order valence-electron chi connectivity index (χ1n) is 10.1. The Morgan fingerprint density at radius 1 is 0.939 bits per heavy atom. The molecule has 33 heavy (non-hydrogen) atoms. The molecule has 1 N–H and O–H groups in total. The van der Waals surface area contributed by atoms with Gasteiger partial charge in [-0.1, -0.05) is 48.0 Å². The van der Waals surface area contributed by atoms with Crippen molar-refractivity contribution in [2.45, 2.75) is 12.6 Å². The number of amides is 1. The third-order valence-electron chi connectivity index (χ3n) is 5.18. The quantitative estimate of drug-likeness (QED) is 0.410. The standard InChI is InChI=1S/C25H18ClF3N2O2/c26-19-8-3-5-16(13-19)11-12-30-23(32)21-14-17-6-1-2-10-22(17)31(24(21)33)20-9-4-7-18(15-20)25(27,28)29/h1-10,13-15H,11-12H2,(H,30,32). The van der Waals surface area contributed by atoms with Gasteiger partial charge in [0.25, 0.3) is 11.5 Å². The minimum absolute atomic E-state index is 0.0274. The third-order valence-corrected chi connectivity index (χ3v) is 5.41. The summed E-state index contributed by atoms with van der Waals surface area (Å²) in [5.74, 6) is -0.603. The SMILES string of the molecule is O=C(NCCc1cccc(Cl)c1)c1cc2ccccc2n(-c2cccc(C(F)(F)F)c2)c1=O. The molecule has 0 spiro atoms. The molecule has 168 valence electrons. The van der Waals surface area contributed by atoms with E-state index in [-0.39, 0.29) is 17.8 Å². The van der Waals surface area contributed by atoms with E-state index in [0.29, 0.717) is 22.3 Å². The molecule has 0 fully saturated rings. The minimum Gasteiger partial charge on any atom is -0.352 e. The Balaban J connectivity index is 1.71. The van der Waals surface area contributed by atoms with Gasteiger partial charge in [-0.3, -0.25) is 14.2 Å². The summed E-state index contributed by atoms with van der Waals surface area (Å²) < 4.78 is 40.9. The lowest BCUT2D eigenvalue weighted by atomic mass is 10.1. The molecular weight excluding hydrogens is 453 g/mol. The van der Waals surface area contributed by atoms with Gasteiger partial charge in [0.15, 0.2) is 0 Å². The van der Waals surface area contributed by atoms with Gasteiger partial charge < -0.3 is 5.32 Å². The van der Waals surface area contributed by atoms with E-state index in [9.17, 15) is 22.8 Å². The summed E-state index contributed by atoms with van der Waals surface area (Å²) in [6, 6.07) is 19.8. The smallest absolute Gasteiger partial charge is 0.352 e. The summed E-state index contributed by atoms with van der Waals surface area (Å²) in [7, 11) is 0. The first kappa shape index (κ1) is 22.6. The first-order valence-corrected chi connectivity index (χ1v) is 10.5. The zero-order valence-corrected chi connectivity index (χ0v) is 18.0. The maximum atomic E-state index is 13.3. The molecule has 8 heteroatoms. The topological polar surface area (TPSA) is 51.1 Å². The molecule has 1 amide bonds. The number of aromatic nitrogens is 1. The van der Waals surface area contributed by atoms with Crippen LogP contribution < -0.4 is 10.9 Å². The monoisotopic (exact) mass is 470 g/mol. The molecular formula is C25H18ClF3N2O2. The van der Waals surface area contributed by atoms with Gasteiger partial charge in [0.2, 0.25) is 0 Å². The summed E-state index contributed by atoms with van der Waals surface area (Å²) >= 11 is 5.97. The van der Waals surface area contributed by atoms with Gasteiger partial charge in [-0.05, 0) is 59.8 Å². The normalized spacial score (nSPS) is 11.5. The molecule has 4 nitrogen and oxygen atoms in total. The second kappa shape index (κ2) is 9.11. The van der Waals surface area contributed by atoms with Gasteiger partial charge in [0, 0.05) is 17.3 Å². The van der Waals surface area contributed by atoms with Crippen LogP contribution in [0.25, 0.3) is 16.6 Å². The van der Waals surface area contributed by atoms with Crippen molar-refractivity contribution in [3.8, 4) is 5.69 Å². The molecule has 0 saturated carbocycles. The lowest BCUT2D eigenvalue weighted by Gasteiger charge is -2.15. The van der Waals surface area contributed by atoms with Crippen LogP contribution in [0.3, 0.4) is 0 Å². The average molecular weight is 471 g/mol. The van der Waals surface area contributed by atoms with Crippen LogP contribution in [-0.2, 0) is 12.6 Å². The number of rotatable bonds is 5. The Hall–Kier alpha value is -3.58. The van der Waals surface area contributed by atoms with E-state index >= 15 is 0 Å². The first-order chi connectivity index (χ1) is 15.7. The summed E-state index contributed by atoms with van der Waals surface area (Å²) in [6.45, 7) is 0.259. The summed E-state index contributed by atoms with van der Waals surface area (Å²) in [5.41, 5.74) is -0.391. The lowest BCUT2D eigenvalue weighted by molar-refractivity contribution is -0.137. The van der Waals surface area contributed by atoms with Gasteiger partial charge in [-0.15, -0.1) is 0 Å². The van der Waals surface area contributed by atoms with E-state index < -0.39 is 23.2 Å². The van der Waals surface area contributed by atoms with Gasteiger partial charge in [-0.2, -0.15) is 13.2 Å². The minimum atomic E-state index is -4.56. The highest BCUT2D eigenvalue weighted by molar-refractivity contribution is 6.30. The van der Waals surface area contributed by atoms with Crippen LogP contribution in [-0.4, -0.2) is 17.0 Å². The second-order valence-corrected chi connectivity index (χ2v) is 7.88. The van der Waals surface area contributed by atoms with Crippen molar-refractivity contribution in [1.29, 1.82) is 0 Å². The number of hydrogen-bond acceptors (Lipinski definition) is 2. The molecule has 0 aliphatic rings. The molecule has 0 atom stereocenters. The second-order valence-electron chi connectivity index (χ2n) is 7.44. The summed E-state index contributed by atoms with van der Waals surface area (Å²) in [4.78, 5) is 26.1. The van der Waals surface area contributed by atoms with E-state index in [1.165, 1.54) is 18.2 Å². The van der Waals surface area contributed by atoms with Gasteiger partial charge in [-0.25, -0.2) is 0 Å². The number of carbonyl (C=O) groups is 1. The fraction of sp³-hybridized carbons (Fsp3) is 0.120. The molecule has 3 aromatic carbocycles. The number of halogens is 4. The molecule has 1 aromatic heterocycles.